The van der Waals surface area contributed by atoms with Crippen LogP contribution in [0, 0.1) is 6.92 Å². The Labute approximate surface area is 148 Å². The Morgan fingerprint density at radius 2 is 2.08 bits per heavy atom. The number of rotatable bonds is 5. The highest BCUT2D eigenvalue weighted by atomic mass is 16.5. The van der Waals surface area contributed by atoms with Crippen molar-refractivity contribution >= 4 is 5.91 Å². The van der Waals surface area contributed by atoms with E-state index in [9.17, 15) is 4.79 Å². The highest BCUT2D eigenvalue weighted by Crippen LogP contribution is 2.28. The van der Waals surface area contributed by atoms with Crippen LogP contribution in [0.25, 0.3) is 0 Å². The molecule has 1 aliphatic heterocycles. The zero-order valence-corrected chi connectivity index (χ0v) is 15.1. The normalized spacial score (nSPS) is 15.6. The molecule has 0 N–H and O–H groups in total. The molecule has 1 fully saturated rings. The van der Waals surface area contributed by atoms with Crippen LogP contribution < -0.4 is 4.74 Å². The molecule has 6 heteroatoms. The van der Waals surface area contributed by atoms with Gasteiger partial charge in [0.25, 0.3) is 5.91 Å². The van der Waals surface area contributed by atoms with E-state index in [-0.39, 0.29) is 24.3 Å². The molecule has 1 amide bonds. The molecule has 1 aromatic heterocycles. The van der Waals surface area contributed by atoms with Crippen LogP contribution in [0.1, 0.15) is 55.9 Å². The first-order chi connectivity index (χ1) is 12.0. The lowest BCUT2D eigenvalue weighted by Crippen LogP contribution is -2.40. The first-order valence-electron chi connectivity index (χ1n) is 8.83. The van der Waals surface area contributed by atoms with Crippen LogP contribution >= 0.6 is 0 Å². The molecular formula is C19H25N3O3. The molecule has 0 radical (unpaired) electrons. The fourth-order valence-corrected chi connectivity index (χ4v) is 2.96. The summed E-state index contributed by atoms with van der Waals surface area (Å²) in [7, 11) is 0. The van der Waals surface area contributed by atoms with Crippen LogP contribution in [-0.2, 0) is 4.79 Å². The number of amides is 1. The summed E-state index contributed by atoms with van der Waals surface area (Å²) in [5.41, 5.74) is 1.12. The maximum absolute atomic E-state index is 12.3. The monoisotopic (exact) mass is 343 g/mol. The summed E-state index contributed by atoms with van der Waals surface area (Å²) in [5, 5.41) is 8.27. The molecular weight excluding hydrogens is 318 g/mol. The van der Waals surface area contributed by atoms with E-state index in [1.165, 1.54) is 0 Å². The molecule has 1 aliphatic rings. The number of nitrogens with zero attached hydrogens (tertiary/aromatic N) is 3. The quantitative estimate of drug-likeness (QED) is 0.833. The van der Waals surface area contributed by atoms with Gasteiger partial charge < -0.3 is 14.1 Å². The van der Waals surface area contributed by atoms with Gasteiger partial charge in [-0.05, 0) is 37.5 Å². The minimum atomic E-state index is 0.0216. The standard InChI is InChI=1S/C19H25N3O3/c1-13(2)18-20-21-19(25-18)15-7-9-22(10-8-15)17(23)12-24-16-6-4-5-14(3)11-16/h4-6,11,13,15H,7-10,12H2,1-3H3. The van der Waals surface area contributed by atoms with Crippen LogP contribution in [0.15, 0.2) is 28.7 Å². The summed E-state index contributed by atoms with van der Waals surface area (Å²) in [6, 6.07) is 7.73. The third-order valence-electron chi connectivity index (χ3n) is 4.50. The van der Waals surface area contributed by atoms with Crippen molar-refractivity contribution in [2.24, 2.45) is 0 Å². The number of hydrogen-bond donors (Lipinski definition) is 0. The van der Waals surface area contributed by atoms with Gasteiger partial charge in [0.15, 0.2) is 6.61 Å². The molecule has 2 aromatic rings. The Morgan fingerprint density at radius 3 is 2.72 bits per heavy atom. The van der Waals surface area contributed by atoms with Crippen LogP contribution in [0.3, 0.4) is 0 Å². The molecule has 0 spiro atoms. The average Bonchev–Trinajstić information content (AvgIpc) is 3.10. The van der Waals surface area contributed by atoms with E-state index in [1.54, 1.807) is 0 Å². The van der Waals surface area contributed by atoms with Gasteiger partial charge >= 0.3 is 0 Å². The van der Waals surface area contributed by atoms with E-state index < -0.39 is 0 Å². The predicted octanol–water partition coefficient (Wildman–Crippen LogP) is 3.29. The van der Waals surface area contributed by atoms with E-state index in [0.29, 0.717) is 24.9 Å². The summed E-state index contributed by atoms with van der Waals surface area (Å²) in [6.45, 7) is 7.54. The fraction of sp³-hybridized carbons (Fsp3) is 0.526. The first kappa shape index (κ1) is 17.5. The van der Waals surface area contributed by atoms with Crippen molar-refractivity contribution in [3.63, 3.8) is 0 Å². The van der Waals surface area contributed by atoms with E-state index in [1.807, 2.05) is 49.9 Å². The van der Waals surface area contributed by atoms with Crippen molar-refractivity contribution < 1.29 is 13.9 Å². The van der Waals surface area contributed by atoms with E-state index in [2.05, 4.69) is 10.2 Å². The van der Waals surface area contributed by atoms with Crippen molar-refractivity contribution in [2.45, 2.75) is 45.4 Å². The largest absolute Gasteiger partial charge is 0.484 e. The fourth-order valence-electron chi connectivity index (χ4n) is 2.96. The maximum Gasteiger partial charge on any atom is 0.260 e. The smallest absolute Gasteiger partial charge is 0.260 e. The van der Waals surface area contributed by atoms with Crippen LogP contribution in [0.5, 0.6) is 5.75 Å². The predicted molar refractivity (Wildman–Crippen MR) is 93.6 cm³/mol. The van der Waals surface area contributed by atoms with Gasteiger partial charge in [0.05, 0.1) is 0 Å². The van der Waals surface area contributed by atoms with Gasteiger partial charge in [0.2, 0.25) is 11.8 Å². The van der Waals surface area contributed by atoms with E-state index >= 15 is 0 Å². The number of ether oxygens (including phenoxy) is 1. The van der Waals surface area contributed by atoms with Gasteiger partial charge in [0, 0.05) is 24.9 Å². The number of aromatic nitrogens is 2. The third kappa shape index (κ3) is 4.38. The van der Waals surface area contributed by atoms with Crippen LogP contribution in [-0.4, -0.2) is 40.7 Å². The minimum absolute atomic E-state index is 0.0216. The molecule has 0 saturated carbocycles. The number of benzene rings is 1. The Bertz CT molecular complexity index is 718. The second kappa shape index (κ2) is 7.68. The summed E-state index contributed by atoms with van der Waals surface area (Å²) in [4.78, 5) is 14.2. The molecule has 0 unspecified atom stereocenters. The molecule has 6 nitrogen and oxygen atoms in total. The number of carbonyl (C=O) groups excluding carboxylic acids is 1. The Morgan fingerprint density at radius 1 is 1.32 bits per heavy atom. The maximum atomic E-state index is 12.3. The molecule has 0 bridgehead atoms. The highest BCUT2D eigenvalue weighted by molar-refractivity contribution is 5.77. The van der Waals surface area contributed by atoms with E-state index in [4.69, 9.17) is 9.15 Å². The topological polar surface area (TPSA) is 68.5 Å². The Balaban J connectivity index is 1.48. The van der Waals surface area contributed by atoms with Gasteiger partial charge in [-0.1, -0.05) is 26.0 Å². The molecule has 1 saturated heterocycles. The van der Waals surface area contributed by atoms with Gasteiger partial charge in [-0.25, -0.2) is 0 Å². The SMILES string of the molecule is Cc1cccc(OCC(=O)N2CCC(c3nnc(C(C)C)o3)CC2)c1. The zero-order valence-electron chi connectivity index (χ0n) is 15.1. The summed E-state index contributed by atoms with van der Waals surface area (Å²) >= 11 is 0. The summed E-state index contributed by atoms with van der Waals surface area (Å²) in [5.74, 6) is 2.61. The molecule has 1 aromatic carbocycles. The number of aryl methyl sites for hydroxylation is 1. The molecule has 134 valence electrons. The lowest BCUT2D eigenvalue weighted by molar-refractivity contribution is -0.134. The van der Waals surface area contributed by atoms with Crippen LogP contribution in [0.4, 0.5) is 0 Å². The van der Waals surface area contributed by atoms with Gasteiger partial charge in [-0.3, -0.25) is 4.79 Å². The van der Waals surface area contributed by atoms with Crippen molar-refractivity contribution in [1.29, 1.82) is 0 Å². The molecule has 0 aliphatic carbocycles. The van der Waals surface area contributed by atoms with Crippen molar-refractivity contribution in [3.8, 4) is 5.75 Å². The molecule has 2 heterocycles. The van der Waals surface area contributed by atoms with Gasteiger partial charge in [-0.2, -0.15) is 0 Å². The Kier molecular flexibility index (Phi) is 5.36. The average molecular weight is 343 g/mol. The number of likely N-dealkylation sites (tertiary alicyclic amines) is 1. The number of piperidine rings is 1. The highest BCUT2D eigenvalue weighted by Gasteiger charge is 2.27. The summed E-state index contributed by atoms with van der Waals surface area (Å²) < 4.78 is 11.4. The van der Waals surface area contributed by atoms with Crippen molar-refractivity contribution in [1.82, 2.24) is 15.1 Å². The molecule has 3 rings (SSSR count). The lowest BCUT2D eigenvalue weighted by Gasteiger charge is -2.30. The first-order valence-corrected chi connectivity index (χ1v) is 8.83. The van der Waals surface area contributed by atoms with Crippen molar-refractivity contribution in [3.05, 3.63) is 41.6 Å². The second-order valence-electron chi connectivity index (χ2n) is 6.89. The summed E-state index contributed by atoms with van der Waals surface area (Å²) in [6.07, 6.45) is 1.69. The Hall–Kier alpha value is -2.37. The number of carbonyl (C=O) groups is 1. The second-order valence-corrected chi connectivity index (χ2v) is 6.89. The van der Waals surface area contributed by atoms with Gasteiger partial charge in [-0.15, -0.1) is 10.2 Å². The zero-order chi connectivity index (χ0) is 17.8. The molecule has 25 heavy (non-hydrogen) atoms. The lowest BCUT2D eigenvalue weighted by atomic mass is 9.97. The third-order valence-corrected chi connectivity index (χ3v) is 4.50. The minimum Gasteiger partial charge on any atom is -0.484 e. The van der Waals surface area contributed by atoms with Gasteiger partial charge in [0.1, 0.15) is 5.75 Å². The number of hydrogen-bond acceptors (Lipinski definition) is 5. The van der Waals surface area contributed by atoms with Crippen LogP contribution in [0.2, 0.25) is 0 Å². The van der Waals surface area contributed by atoms with Crippen molar-refractivity contribution in [2.75, 3.05) is 19.7 Å². The van der Waals surface area contributed by atoms with E-state index in [0.717, 1.165) is 24.2 Å². The molecule has 0 atom stereocenters.